The van der Waals surface area contributed by atoms with E-state index in [0.717, 1.165) is 37.1 Å². The molecule has 12 heteroatoms. The molecule has 1 aliphatic heterocycles. The van der Waals surface area contributed by atoms with Gasteiger partial charge in [0.05, 0.1) is 17.8 Å². The summed E-state index contributed by atoms with van der Waals surface area (Å²) in [7, 11) is -2.71. The second-order valence-corrected chi connectivity index (χ2v) is 9.05. The Labute approximate surface area is 205 Å². The number of nitrogen functional groups attached to an aromatic ring is 1. The molecule has 1 aliphatic rings. The summed E-state index contributed by atoms with van der Waals surface area (Å²) in [6.45, 7) is 3.46. The zero-order chi connectivity index (χ0) is 21.9. The maximum Gasteiger partial charge on any atom is 0.340 e. The van der Waals surface area contributed by atoms with E-state index in [0.29, 0.717) is 5.75 Å². The number of methoxy groups -OCH3 is 1. The second-order valence-electron chi connectivity index (χ2n) is 7.16. The molecule has 0 atom stereocenters. The lowest BCUT2D eigenvalue weighted by Crippen LogP contribution is -2.32. The Balaban J connectivity index is 0.00000256. The van der Waals surface area contributed by atoms with Crippen molar-refractivity contribution in [1.82, 2.24) is 4.90 Å². The SMILES string of the molecule is COc1c(OS(=O)(=O)c2cccc(N)c2Cl)cc(C)cc1C1CCN(C=NN)CC1.Cl.Cl. The first-order valence-corrected chi connectivity index (χ1v) is 11.2. The predicted octanol–water partition coefficient (Wildman–Crippen LogP) is 3.93. The molecule has 2 aromatic rings. The van der Waals surface area contributed by atoms with Crippen molar-refractivity contribution in [2.45, 2.75) is 30.6 Å². The summed E-state index contributed by atoms with van der Waals surface area (Å²) in [6, 6.07) is 8.02. The van der Waals surface area contributed by atoms with E-state index in [1.54, 1.807) is 12.4 Å². The number of halogens is 3. The van der Waals surface area contributed by atoms with Crippen molar-refractivity contribution in [2.75, 3.05) is 25.9 Å². The molecule has 32 heavy (non-hydrogen) atoms. The zero-order valence-electron chi connectivity index (χ0n) is 17.7. The topological polar surface area (TPSA) is 120 Å². The molecule has 0 aromatic heterocycles. The smallest absolute Gasteiger partial charge is 0.340 e. The number of benzene rings is 2. The number of hydrogen-bond donors (Lipinski definition) is 2. The molecule has 1 fully saturated rings. The number of nitrogens with two attached hydrogens (primary N) is 2. The average Bonchev–Trinajstić information content (AvgIpc) is 2.70. The summed E-state index contributed by atoms with van der Waals surface area (Å²) in [5.74, 6) is 5.94. The maximum atomic E-state index is 12.9. The molecule has 1 heterocycles. The largest absolute Gasteiger partial charge is 0.492 e. The lowest BCUT2D eigenvalue weighted by atomic mass is 9.88. The van der Waals surface area contributed by atoms with Crippen molar-refractivity contribution in [3.8, 4) is 11.5 Å². The minimum Gasteiger partial charge on any atom is -0.492 e. The van der Waals surface area contributed by atoms with Crippen LogP contribution in [-0.4, -0.2) is 39.9 Å². The third-order valence-electron chi connectivity index (χ3n) is 5.09. The monoisotopic (exact) mass is 524 g/mol. The number of nitrogens with zero attached hydrogens (tertiary/aromatic N) is 2. The predicted molar refractivity (Wildman–Crippen MR) is 132 cm³/mol. The molecule has 4 N–H and O–H groups in total. The second kappa shape index (κ2) is 11.7. The van der Waals surface area contributed by atoms with Crippen molar-refractivity contribution in [3.05, 3.63) is 46.5 Å². The van der Waals surface area contributed by atoms with Gasteiger partial charge in [-0.15, -0.1) is 24.8 Å². The summed E-state index contributed by atoms with van der Waals surface area (Å²) in [4.78, 5) is 1.85. The van der Waals surface area contributed by atoms with E-state index in [2.05, 4.69) is 5.10 Å². The van der Waals surface area contributed by atoms with Crippen LogP contribution in [-0.2, 0) is 10.1 Å². The molecule has 178 valence electrons. The summed E-state index contributed by atoms with van der Waals surface area (Å²) < 4.78 is 36.9. The van der Waals surface area contributed by atoms with E-state index in [9.17, 15) is 8.42 Å². The highest BCUT2D eigenvalue weighted by Gasteiger charge is 2.28. The van der Waals surface area contributed by atoms with Gasteiger partial charge in [0.2, 0.25) is 0 Å². The number of hydrazone groups is 1. The van der Waals surface area contributed by atoms with Gasteiger partial charge in [-0.3, -0.25) is 0 Å². The number of ether oxygens (including phenoxy) is 1. The normalized spacial score (nSPS) is 14.5. The molecule has 0 unspecified atom stereocenters. The molecule has 8 nitrogen and oxygen atoms in total. The van der Waals surface area contributed by atoms with E-state index in [1.807, 2.05) is 17.9 Å². The van der Waals surface area contributed by atoms with Crippen LogP contribution in [0.15, 0.2) is 40.3 Å². The molecule has 1 saturated heterocycles. The van der Waals surface area contributed by atoms with E-state index in [4.69, 9.17) is 32.1 Å². The maximum absolute atomic E-state index is 12.9. The Kier molecular flexibility index (Phi) is 10.2. The first kappa shape index (κ1) is 28.0. The fourth-order valence-electron chi connectivity index (χ4n) is 3.65. The third kappa shape index (κ3) is 6.04. The molecule has 0 radical (unpaired) electrons. The van der Waals surface area contributed by atoms with Gasteiger partial charge >= 0.3 is 10.1 Å². The molecule has 0 spiro atoms. The van der Waals surface area contributed by atoms with E-state index < -0.39 is 10.1 Å². The Morgan fingerprint density at radius 3 is 2.47 bits per heavy atom. The highest BCUT2D eigenvalue weighted by molar-refractivity contribution is 7.87. The van der Waals surface area contributed by atoms with Gasteiger partial charge in [0.15, 0.2) is 11.5 Å². The summed E-state index contributed by atoms with van der Waals surface area (Å²) in [6.07, 6.45) is 3.32. The van der Waals surface area contributed by atoms with E-state index in [1.165, 1.54) is 25.3 Å². The average molecular weight is 526 g/mol. The lowest BCUT2D eigenvalue weighted by molar-refractivity contribution is 0.311. The van der Waals surface area contributed by atoms with Crippen LogP contribution in [0.5, 0.6) is 11.5 Å². The summed E-state index contributed by atoms with van der Waals surface area (Å²) in [5, 5.41) is 3.50. The Morgan fingerprint density at radius 1 is 1.22 bits per heavy atom. The van der Waals surface area contributed by atoms with Gasteiger partial charge in [0.25, 0.3) is 0 Å². The van der Waals surface area contributed by atoms with Crippen LogP contribution < -0.4 is 20.5 Å². The van der Waals surface area contributed by atoms with Gasteiger partial charge in [-0.1, -0.05) is 23.7 Å². The van der Waals surface area contributed by atoms with Gasteiger partial charge in [-0.05, 0) is 49.4 Å². The van der Waals surface area contributed by atoms with Crippen molar-refractivity contribution >= 4 is 58.6 Å². The first-order chi connectivity index (χ1) is 14.3. The van der Waals surface area contributed by atoms with Crippen LogP contribution in [0, 0.1) is 6.92 Å². The van der Waals surface area contributed by atoms with Crippen LogP contribution in [0.2, 0.25) is 5.02 Å². The number of rotatable bonds is 6. The van der Waals surface area contributed by atoms with E-state index in [-0.39, 0.29) is 52.1 Å². The van der Waals surface area contributed by atoms with Crippen LogP contribution in [0.4, 0.5) is 5.69 Å². The zero-order valence-corrected chi connectivity index (χ0v) is 20.9. The Bertz CT molecular complexity index is 1060. The van der Waals surface area contributed by atoms with Crippen LogP contribution >= 0.6 is 36.4 Å². The standard InChI is InChI=1S/C20H25ClN4O4S.2ClH/c1-13-10-15(14-6-8-25(9-7-14)12-24-23)20(28-2)17(11-13)29-30(26,27)18-5-3-4-16(22)19(18)21;;/h3-5,10-12,14H,6-9,22-23H2,1-2H3;2*1H. The summed E-state index contributed by atoms with van der Waals surface area (Å²) >= 11 is 6.10. The fourth-order valence-corrected chi connectivity index (χ4v) is 5.10. The number of aryl methyl sites for hydroxylation is 1. The molecular formula is C20H27Cl3N4O4S. The molecule has 0 bridgehead atoms. The fraction of sp³-hybridized carbons (Fsp3) is 0.350. The quantitative estimate of drug-likeness (QED) is 0.146. The van der Waals surface area contributed by atoms with E-state index >= 15 is 0 Å². The van der Waals surface area contributed by atoms with Crippen LogP contribution in [0.25, 0.3) is 0 Å². The van der Waals surface area contributed by atoms with Gasteiger partial charge in [-0.2, -0.15) is 13.5 Å². The highest BCUT2D eigenvalue weighted by Crippen LogP contribution is 2.42. The van der Waals surface area contributed by atoms with Crippen LogP contribution in [0.1, 0.15) is 29.9 Å². The molecule has 0 aliphatic carbocycles. The Hall–Kier alpha value is -2.07. The van der Waals surface area contributed by atoms with Crippen LogP contribution in [0.3, 0.4) is 0 Å². The molecule has 0 saturated carbocycles. The molecule has 2 aromatic carbocycles. The van der Waals surface area contributed by atoms with Crippen molar-refractivity contribution in [2.24, 2.45) is 10.9 Å². The van der Waals surface area contributed by atoms with Crippen molar-refractivity contribution in [1.29, 1.82) is 0 Å². The Morgan fingerprint density at radius 2 is 1.88 bits per heavy atom. The van der Waals surface area contributed by atoms with Gasteiger partial charge in [0.1, 0.15) is 11.2 Å². The lowest BCUT2D eigenvalue weighted by Gasteiger charge is -2.31. The van der Waals surface area contributed by atoms with Gasteiger partial charge in [0, 0.05) is 18.7 Å². The molecule has 0 amide bonds. The summed E-state index contributed by atoms with van der Waals surface area (Å²) in [5.41, 5.74) is 7.68. The molecule has 3 rings (SSSR count). The number of likely N-dealkylation sites (tertiary alicyclic amines) is 1. The number of piperidine rings is 1. The van der Waals surface area contributed by atoms with Crippen molar-refractivity contribution < 1.29 is 17.3 Å². The van der Waals surface area contributed by atoms with Gasteiger partial charge in [-0.25, -0.2) is 0 Å². The van der Waals surface area contributed by atoms with Gasteiger partial charge < -0.3 is 25.4 Å². The molecular weight excluding hydrogens is 499 g/mol. The highest BCUT2D eigenvalue weighted by atomic mass is 35.5. The third-order valence-corrected chi connectivity index (χ3v) is 6.91. The minimum absolute atomic E-state index is 0. The first-order valence-electron chi connectivity index (χ1n) is 9.41. The number of anilines is 1. The van der Waals surface area contributed by atoms with Crippen molar-refractivity contribution in [3.63, 3.8) is 0 Å². The minimum atomic E-state index is -4.21. The number of hydrogen-bond acceptors (Lipinski definition) is 7.